The van der Waals surface area contributed by atoms with Crippen molar-refractivity contribution in [3.63, 3.8) is 0 Å². The van der Waals surface area contributed by atoms with Crippen molar-refractivity contribution in [3.8, 4) is 0 Å². The van der Waals surface area contributed by atoms with Crippen molar-refractivity contribution in [1.29, 1.82) is 0 Å². The molecule has 1 fully saturated rings. The van der Waals surface area contributed by atoms with E-state index < -0.39 is 11.9 Å². The van der Waals surface area contributed by atoms with Crippen molar-refractivity contribution in [3.05, 3.63) is 35.4 Å². The second kappa shape index (κ2) is 5.85. The van der Waals surface area contributed by atoms with E-state index in [1.165, 1.54) is 0 Å². The van der Waals surface area contributed by atoms with Gasteiger partial charge in [0.05, 0.1) is 11.8 Å². The largest absolute Gasteiger partial charge is 0.481 e. The Kier molecular flexibility index (Phi) is 3.92. The lowest BCUT2D eigenvalue weighted by Crippen LogP contribution is -2.46. The third-order valence-electron chi connectivity index (χ3n) is 4.45. The van der Waals surface area contributed by atoms with E-state index in [0.717, 1.165) is 30.5 Å². The normalized spacial score (nSPS) is 25.2. The molecule has 2 aliphatic heterocycles. The van der Waals surface area contributed by atoms with Crippen LogP contribution in [0, 0.1) is 5.92 Å². The van der Waals surface area contributed by atoms with Gasteiger partial charge in [-0.05, 0) is 30.5 Å². The molecule has 0 spiro atoms. The molecule has 1 aromatic rings. The van der Waals surface area contributed by atoms with E-state index in [1.54, 1.807) is 4.90 Å². The number of fused-ring (bicyclic) bond motifs is 1. The fraction of sp³-hybridized carbons (Fsp3) is 0.500. The Bertz CT molecular complexity index is 552. The van der Waals surface area contributed by atoms with Gasteiger partial charge in [0, 0.05) is 19.6 Å². The molecular formula is C16H20N2O3. The molecular weight excluding hydrogens is 268 g/mol. The third-order valence-corrected chi connectivity index (χ3v) is 4.45. The predicted molar refractivity (Wildman–Crippen MR) is 77.8 cm³/mol. The van der Waals surface area contributed by atoms with Crippen molar-refractivity contribution in [2.75, 3.05) is 19.6 Å². The Hall–Kier alpha value is -1.88. The molecule has 2 unspecified atom stereocenters. The summed E-state index contributed by atoms with van der Waals surface area (Å²) in [7, 11) is 0. The van der Waals surface area contributed by atoms with Crippen LogP contribution < -0.4 is 5.32 Å². The van der Waals surface area contributed by atoms with Crippen molar-refractivity contribution in [1.82, 2.24) is 10.2 Å². The molecule has 112 valence electrons. The van der Waals surface area contributed by atoms with E-state index in [-0.39, 0.29) is 18.4 Å². The van der Waals surface area contributed by atoms with Crippen molar-refractivity contribution >= 4 is 11.9 Å². The molecule has 2 atom stereocenters. The molecule has 5 heteroatoms. The number of piperidine rings is 1. The molecule has 0 radical (unpaired) electrons. The lowest BCUT2D eigenvalue weighted by molar-refractivity contribution is -0.143. The summed E-state index contributed by atoms with van der Waals surface area (Å²) in [6, 6.07) is 7.53. The van der Waals surface area contributed by atoms with E-state index in [1.807, 2.05) is 24.3 Å². The highest BCUT2D eigenvalue weighted by molar-refractivity contribution is 5.83. The van der Waals surface area contributed by atoms with E-state index in [4.69, 9.17) is 0 Å². The lowest BCUT2D eigenvalue weighted by atomic mass is 9.88. The number of carbonyl (C=O) groups is 2. The van der Waals surface area contributed by atoms with Gasteiger partial charge < -0.3 is 15.3 Å². The summed E-state index contributed by atoms with van der Waals surface area (Å²) in [6.45, 7) is 2.47. The second-order valence-corrected chi connectivity index (χ2v) is 5.85. The van der Waals surface area contributed by atoms with Crippen molar-refractivity contribution < 1.29 is 14.7 Å². The topological polar surface area (TPSA) is 69.6 Å². The molecule has 0 bridgehead atoms. The van der Waals surface area contributed by atoms with Crippen LogP contribution >= 0.6 is 0 Å². The highest BCUT2D eigenvalue weighted by Crippen LogP contribution is 2.30. The maximum atomic E-state index is 12.6. The Labute approximate surface area is 123 Å². The maximum absolute atomic E-state index is 12.6. The van der Waals surface area contributed by atoms with E-state index in [0.29, 0.717) is 13.1 Å². The van der Waals surface area contributed by atoms with Crippen LogP contribution in [0.4, 0.5) is 0 Å². The molecule has 2 heterocycles. The molecule has 0 saturated carbocycles. The Morgan fingerprint density at radius 2 is 2.10 bits per heavy atom. The van der Waals surface area contributed by atoms with Gasteiger partial charge >= 0.3 is 5.97 Å². The molecule has 0 aliphatic carbocycles. The van der Waals surface area contributed by atoms with Crippen LogP contribution in [-0.4, -0.2) is 41.5 Å². The maximum Gasteiger partial charge on any atom is 0.312 e. The van der Waals surface area contributed by atoms with Gasteiger partial charge in [-0.15, -0.1) is 0 Å². The molecule has 5 nitrogen and oxygen atoms in total. The van der Waals surface area contributed by atoms with Crippen LogP contribution in [0.15, 0.2) is 24.3 Å². The fourth-order valence-electron chi connectivity index (χ4n) is 3.31. The van der Waals surface area contributed by atoms with Gasteiger partial charge in [0.1, 0.15) is 0 Å². The first-order valence-corrected chi connectivity index (χ1v) is 7.47. The third kappa shape index (κ3) is 2.78. The number of nitrogens with one attached hydrogen (secondary N) is 1. The minimum Gasteiger partial charge on any atom is -0.481 e. The molecule has 2 aliphatic rings. The number of carbonyl (C=O) groups excluding carboxylic acids is 1. The number of hydrogen-bond donors (Lipinski definition) is 2. The fourth-order valence-corrected chi connectivity index (χ4v) is 3.31. The number of carboxylic acids is 1. The van der Waals surface area contributed by atoms with Gasteiger partial charge in [0.15, 0.2) is 0 Å². The van der Waals surface area contributed by atoms with Gasteiger partial charge in [0.2, 0.25) is 5.91 Å². The van der Waals surface area contributed by atoms with Crippen molar-refractivity contribution in [2.45, 2.75) is 25.3 Å². The summed E-state index contributed by atoms with van der Waals surface area (Å²) in [6.07, 6.45) is 1.89. The summed E-state index contributed by atoms with van der Waals surface area (Å²) in [4.78, 5) is 25.9. The summed E-state index contributed by atoms with van der Waals surface area (Å²) in [5.74, 6) is -1.40. The summed E-state index contributed by atoms with van der Waals surface area (Å²) < 4.78 is 0. The van der Waals surface area contributed by atoms with E-state index in [9.17, 15) is 14.7 Å². The average Bonchev–Trinajstić information content (AvgIpc) is 2.53. The second-order valence-electron chi connectivity index (χ2n) is 5.85. The Balaban J connectivity index is 1.82. The Morgan fingerprint density at radius 3 is 2.81 bits per heavy atom. The molecule has 1 amide bonds. The van der Waals surface area contributed by atoms with Crippen LogP contribution in [0.2, 0.25) is 0 Å². The predicted octanol–water partition coefficient (Wildman–Crippen LogP) is 1.20. The first kappa shape index (κ1) is 14.1. The number of hydrogen-bond acceptors (Lipinski definition) is 3. The summed E-state index contributed by atoms with van der Waals surface area (Å²) >= 11 is 0. The van der Waals surface area contributed by atoms with E-state index >= 15 is 0 Å². The molecule has 3 rings (SSSR count). The number of nitrogens with zero attached hydrogens (tertiary/aromatic N) is 1. The first-order valence-electron chi connectivity index (χ1n) is 7.47. The van der Waals surface area contributed by atoms with Gasteiger partial charge in [0.25, 0.3) is 0 Å². The highest BCUT2D eigenvalue weighted by Gasteiger charge is 2.35. The van der Waals surface area contributed by atoms with E-state index in [2.05, 4.69) is 5.32 Å². The highest BCUT2D eigenvalue weighted by atomic mass is 16.4. The van der Waals surface area contributed by atoms with Gasteiger partial charge in [-0.25, -0.2) is 0 Å². The average molecular weight is 288 g/mol. The number of amides is 1. The molecule has 2 N–H and O–H groups in total. The number of carboxylic acid groups (broad SMARTS) is 1. The van der Waals surface area contributed by atoms with Crippen LogP contribution in [0.25, 0.3) is 0 Å². The Morgan fingerprint density at radius 1 is 1.29 bits per heavy atom. The molecule has 21 heavy (non-hydrogen) atoms. The molecule has 1 aromatic carbocycles. The molecule has 0 aromatic heterocycles. The van der Waals surface area contributed by atoms with Crippen LogP contribution in [0.3, 0.4) is 0 Å². The van der Waals surface area contributed by atoms with Gasteiger partial charge in [-0.2, -0.15) is 0 Å². The number of aliphatic carboxylic acids is 1. The van der Waals surface area contributed by atoms with Gasteiger partial charge in [-0.3, -0.25) is 9.59 Å². The zero-order chi connectivity index (χ0) is 14.8. The zero-order valence-electron chi connectivity index (χ0n) is 11.9. The summed E-state index contributed by atoms with van der Waals surface area (Å²) in [5.41, 5.74) is 1.80. The van der Waals surface area contributed by atoms with Gasteiger partial charge in [-0.1, -0.05) is 24.3 Å². The van der Waals surface area contributed by atoms with Crippen LogP contribution in [-0.2, 0) is 16.1 Å². The standard InChI is InChI=1S/C16H20N2O3/c19-15(11-5-3-7-17-8-11)18-9-12-4-1-2-6-13(12)14(10-18)16(20)21/h1-2,4,6,11,14,17H,3,5,7-10H2,(H,20,21). The zero-order valence-corrected chi connectivity index (χ0v) is 11.9. The minimum atomic E-state index is -0.860. The number of benzene rings is 1. The first-order chi connectivity index (χ1) is 10.2. The lowest BCUT2D eigenvalue weighted by Gasteiger charge is -2.36. The van der Waals surface area contributed by atoms with Crippen LogP contribution in [0.1, 0.15) is 29.9 Å². The SMILES string of the molecule is O=C(O)C1CN(C(=O)C2CCCNC2)Cc2ccccc21. The monoisotopic (exact) mass is 288 g/mol. The smallest absolute Gasteiger partial charge is 0.312 e. The van der Waals surface area contributed by atoms with Crippen molar-refractivity contribution in [2.24, 2.45) is 5.92 Å². The summed E-state index contributed by atoms with van der Waals surface area (Å²) in [5, 5.41) is 12.7. The quantitative estimate of drug-likeness (QED) is 0.858. The minimum absolute atomic E-state index is 0.0153. The number of rotatable bonds is 2. The van der Waals surface area contributed by atoms with Crippen LogP contribution in [0.5, 0.6) is 0 Å². The molecule has 1 saturated heterocycles.